The van der Waals surface area contributed by atoms with Crippen LogP contribution in [0.1, 0.15) is 30.4 Å². The number of fused-ring (bicyclic) bond motifs is 1. The van der Waals surface area contributed by atoms with Crippen molar-refractivity contribution < 1.29 is 14.3 Å². The molecular formula is C20H21N3O3. The molecule has 1 heterocycles. The molecule has 3 N–H and O–H groups in total. The van der Waals surface area contributed by atoms with Crippen LogP contribution < -0.4 is 15.8 Å². The summed E-state index contributed by atoms with van der Waals surface area (Å²) < 4.78 is 5.93. The Balaban J connectivity index is 1.48. The molecule has 1 saturated carbocycles. The van der Waals surface area contributed by atoms with Gasteiger partial charge in [0.15, 0.2) is 0 Å². The van der Waals surface area contributed by atoms with Gasteiger partial charge in [0, 0.05) is 24.1 Å². The van der Waals surface area contributed by atoms with Gasteiger partial charge in [0.25, 0.3) is 0 Å². The first-order chi connectivity index (χ1) is 12.6. The van der Waals surface area contributed by atoms with E-state index in [1.807, 2.05) is 18.2 Å². The van der Waals surface area contributed by atoms with Gasteiger partial charge in [-0.2, -0.15) is 0 Å². The van der Waals surface area contributed by atoms with E-state index in [0.29, 0.717) is 23.7 Å². The maximum absolute atomic E-state index is 11.9. The van der Waals surface area contributed by atoms with Crippen molar-refractivity contribution in [2.45, 2.75) is 32.1 Å². The second kappa shape index (κ2) is 6.78. The summed E-state index contributed by atoms with van der Waals surface area (Å²) in [6, 6.07) is 9.39. The van der Waals surface area contributed by atoms with Crippen LogP contribution in [0.4, 0.5) is 5.82 Å². The lowest BCUT2D eigenvalue weighted by Gasteiger charge is -2.22. The van der Waals surface area contributed by atoms with E-state index in [9.17, 15) is 9.59 Å². The molecule has 2 amide bonds. The Hall–Kier alpha value is -2.89. The second-order valence-electron chi connectivity index (χ2n) is 7.01. The molecule has 0 radical (unpaired) electrons. The van der Waals surface area contributed by atoms with Crippen LogP contribution in [-0.2, 0) is 22.4 Å². The fourth-order valence-corrected chi connectivity index (χ4v) is 3.29. The Morgan fingerprint density at radius 2 is 1.85 bits per heavy atom. The van der Waals surface area contributed by atoms with Gasteiger partial charge < -0.3 is 15.8 Å². The summed E-state index contributed by atoms with van der Waals surface area (Å²) in [7, 11) is 0. The highest BCUT2D eigenvalue weighted by Crippen LogP contribution is 2.32. The summed E-state index contributed by atoms with van der Waals surface area (Å²) in [6.07, 6.45) is 5.82. The van der Waals surface area contributed by atoms with Crippen LogP contribution in [0.15, 0.2) is 36.5 Å². The van der Waals surface area contributed by atoms with Gasteiger partial charge in [0.1, 0.15) is 17.3 Å². The smallest absolute Gasteiger partial charge is 0.228 e. The number of primary amides is 1. The van der Waals surface area contributed by atoms with Gasteiger partial charge in [-0.25, -0.2) is 4.98 Å². The van der Waals surface area contributed by atoms with Gasteiger partial charge in [0.05, 0.1) is 0 Å². The first-order valence-electron chi connectivity index (χ1n) is 8.94. The van der Waals surface area contributed by atoms with Crippen LogP contribution in [0.5, 0.6) is 11.5 Å². The lowest BCUT2D eigenvalue weighted by molar-refractivity contribution is -0.122. The molecule has 26 heavy (non-hydrogen) atoms. The number of pyridine rings is 1. The molecule has 134 valence electrons. The number of nitrogens with two attached hydrogens (primary N) is 1. The van der Waals surface area contributed by atoms with Gasteiger partial charge in [-0.1, -0.05) is 6.07 Å². The van der Waals surface area contributed by atoms with Crippen molar-refractivity contribution in [1.29, 1.82) is 0 Å². The largest absolute Gasteiger partial charge is 0.457 e. The average molecular weight is 351 g/mol. The maximum Gasteiger partial charge on any atom is 0.228 e. The molecule has 1 aromatic carbocycles. The topological polar surface area (TPSA) is 94.3 Å². The number of carbonyl (C=O) groups excluding carboxylic acids is 2. The molecule has 1 aromatic heterocycles. The van der Waals surface area contributed by atoms with Crippen molar-refractivity contribution in [2.75, 3.05) is 5.32 Å². The van der Waals surface area contributed by atoms with Crippen LogP contribution >= 0.6 is 0 Å². The third-order valence-electron chi connectivity index (χ3n) is 4.98. The molecule has 2 aromatic rings. The average Bonchev–Trinajstić information content (AvgIpc) is 3.46. The standard InChI is InChI=1S/C20H21N3O3/c21-19(24)14-4-1-12-5-6-16(10-15(12)9-14)26-17-7-8-22-18(11-17)23-20(25)13-2-3-13/h5-8,10-11,13-14H,1-4,9H2,(H2,21,24)(H,22,23,25). The Morgan fingerprint density at radius 3 is 2.62 bits per heavy atom. The van der Waals surface area contributed by atoms with Crippen molar-refractivity contribution in [2.24, 2.45) is 17.6 Å². The molecule has 6 nitrogen and oxygen atoms in total. The number of anilines is 1. The molecule has 0 bridgehead atoms. The molecule has 1 fully saturated rings. The van der Waals surface area contributed by atoms with E-state index in [-0.39, 0.29) is 23.7 Å². The zero-order valence-electron chi connectivity index (χ0n) is 14.4. The molecular weight excluding hydrogens is 330 g/mol. The van der Waals surface area contributed by atoms with Crippen LogP contribution in [0, 0.1) is 11.8 Å². The van der Waals surface area contributed by atoms with Gasteiger partial charge in [0.2, 0.25) is 11.8 Å². The second-order valence-corrected chi connectivity index (χ2v) is 7.01. The number of rotatable bonds is 5. The monoisotopic (exact) mass is 351 g/mol. The Bertz CT molecular complexity index is 861. The molecule has 0 saturated heterocycles. The summed E-state index contributed by atoms with van der Waals surface area (Å²) in [4.78, 5) is 27.5. The minimum atomic E-state index is -0.243. The maximum atomic E-state index is 11.9. The predicted molar refractivity (Wildman–Crippen MR) is 96.8 cm³/mol. The zero-order valence-corrected chi connectivity index (χ0v) is 14.4. The van der Waals surface area contributed by atoms with Crippen molar-refractivity contribution in [1.82, 2.24) is 4.98 Å². The lowest BCUT2D eigenvalue weighted by Crippen LogP contribution is -2.28. The quantitative estimate of drug-likeness (QED) is 0.866. The number of nitrogens with zero attached hydrogens (tertiary/aromatic N) is 1. The highest BCUT2D eigenvalue weighted by molar-refractivity contribution is 5.93. The predicted octanol–water partition coefficient (Wildman–Crippen LogP) is 2.81. The third-order valence-corrected chi connectivity index (χ3v) is 4.98. The molecule has 0 spiro atoms. The number of ether oxygens (including phenoxy) is 1. The number of benzene rings is 1. The van der Waals surface area contributed by atoms with Crippen LogP contribution in [0.3, 0.4) is 0 Å². The van der Waals surface area contributed by atoms with E-state index in [1.165, 1.54) is 5.56 Å². The van der Waals surface area contributed by atoms with E-state index in [4.69, 9.17) is 10.5 Å². The van der Waals surface area contributed by atoms with E-state index in [2.05, 4.69) is 10.3 Å². The summed E-state index contributed by atoms with van der Waals surface area (Å²) in [5.41, 5.74) is 7.80. The molecule has 1 atom stereocenters. The number of nitrogens with one attached hydrogen (secondary N) is 1. The Kier molecular flexibility index (Phi) is 4.32. The van der Waals surface area contributed by atoms with E-state index >= 15 is 0 Å². The van der Waals surface area contributed by atoms with Gasteiger partial charge in [-0.05, 0) is 61.4 Å². The molecule has 4 rings (SSSR count). The molecule has 2 aliphatic carbocycles. The third kappa shape index (κ3) is 3.69. The first kappa shape index (κ1) is 16.6. The Morgan fingerprint density at radius 1 is 1.04 bits per heavy atom. The fourth-order valence-electron chi connectivity index (χ4n) is 3.29. The number of hydrogen-bond donors (Lipinski definition) is 2. The number of aryl methyl sites for hydroxylation is 1. The highest BCUT2D eigenvalue weighted by Gasteiger charge is 2.29. The van der Waals surface area contributed by atoms with Crippen LogP contribution in [0.25, 0.3) is 0 Å². The number of amides is 2. The minimum absolute atomic E-state index is 0.0147. The summed E-state index contributed by atoms with van der Waals surface area (Å²) in [6.45, 7) is 0. The molecule has 1 unspecified atom stereocenters. The fraction of sp³-hybridized carbons (Fsp3) is 0.350. The highest BCUT2D eigenvalue weighted by atomic mass is 16.5. The lowest BCUT2D eigenvalue weighted by atomic mass is 9.83. The van der Waals surface area contributed by atoms with Crippen molar-refractivity contribution in [3.8, 4) is 11.5 Å². The van der Waals surface area contributed by atoms with E-state index in [1.54, 1.807) is 18.3 Å². The number of hydrogen-bond acceptors (Lipinski definition) is 4. The van der Waals surface area contributed by atoms with Gasteiger partial charge >= 0.3 is 0 Å². The summed E-state index contributed by atoms with van der Waals surface area (Å²) in [5.74, 6) is 1.58. The van der Waals surface area contributed by atoms with Crippen LogP contribution in [0.2, 0.25) is 0 Å². The number of carbonyl (C=O) groups is 2. The normalized spacial score (nSPS) is 18.7. The van der Waals surface area contributed by atoms with Crippen molar-refractivity contribution in [3.05, 3.63) is 47.7 Å². The van der Waals surface area contributed by atoms with Gasteiger partial charge in [-0.15, -0.1) is 0 Å². The van der Waals surface area contributed by atoms with Crippen molar-refractivity contribution >= 4 is 17.6 Å². The zero-order chi connectivity index (χ0) is 18.1. The number of aromatic nitrogens is 1. The molecule has 0 aliphatic heterocycles. The molecule has 6 heteroatoms. The molecule has 2 aliphatic rings. The Labute approximate surface area is 151 Å². The summed E-state index contributed by atoms with van der Waals surface area (Å²) in [5, 5.41) is 2.82. The summed E-state index contributed by atoms with van der Waals surface area (Å²) >= 11 is 0. The SMILES string of the molecule is NC(=O)C1CCc2ccc(Oc3ccnc(NC(=O)C4CC4)c3)cc2C1. The first-order valence-corrected chi connectivity index (χ1v) is 8.94. The van der Waals surface area contributed by atoms with E-state index < -0.39 is 0 Å². The van der Waals surface area contributed by atoms with Crippen LogP contribution in [-0.4, -0.2) is 16.8 Å². The van der Waals surface area contributed by atoms with E-state index in [0.717, 1.165) is 31.2 Å². The van der Waals surface area contributed by atoms with Gasteiger partial charge in [-0.3, -0.25) is 9.59 Å². The minimum Gasteiger partial charge on any atom is -0.457 e. The van der Waals surface area contributed by atoms with Crippen molar-refractivity contribution in [3.63, 3.8) is 0 Å².